The van der Waals surface area contributed by atoms with E-state index in [0.717, 1.165) is 36.0 Å². The minimum absolute atomic E-state index is 0.212. The predicted molar refractivity (Wildman–Crippen MR) is 101 cm³/mol. The molecule has 1 unspecified atom stereocenters. The van der Waals surface area contributed by atoms with Crippen molar-refractivity contribution in [3.8, 4) is 17.0 Å². The van der Waals surface area contributed by atoms with Gasteiger partial charge in [-0.2, -0.15) is 0 Å². The zero-order valence-corrected chi connectivity index (χ0v) is 15.6. The highest BCUT2D eigenvalue weighted by Crippen LogP contribution is 2.30. The molecule has 140 valence electrons. The average molecular weight is 356 g/mol. The summed E-state index contributed by atoms with van der Waals surface area (Å²) in [7, 11) is 3.89. The summed E-state index contributed by atoms with van der Waals surface area (Å²) >= 11 is 0. The van der Waals surface area contributed by atoms with Crippen LogP contribution in [0.5, 0.6) is 5.75 Å². The zero-order valence-electron chi connectivity index (χ0n) is 15.6. The number of benzene rings is 1. The van der Waals surface area contributed by atoms with Crippen LogP contribution in [0, 0.1) is 0 Å². The van der Waals surface area contributed by atoms with Crippen molar-refractivity contribution in [2.75, 3.05) is 47.0 Å². The lowest BCUT2D eigenvalue weighted by Crippen LogP contribution is -2.50. The Morgan fingerprint density at radius 1 is 1.15 bits per heavy atom. The number of imidazole rings is 1. The number of ether oxygens (including phenoxy) is 2. The molecule has 1 N–H and O–H groups in total. The number of H-pyrrole nitrogens is 1. The highest BCUT2D eigenvalue weighted by Gasteiger charge is 2.33. The van der Waals surface area contributed by atoms with Crippen LogP contribution in [0.4, 0.5) is 0 Å². The average Bonchev–Trinajstić information content (AvgIpc) is 3.19. The second kappa shape index (κ2) is 7.78. The molecule has 0 spiro atoms. The van der Waals surface area contributed by atoms with E-state index in [0.29, 0.717) is 12.6 Å². The first-order chi connectivity index (χ1) is 12.7. The smallest absolute Gasteiger partial charge is 0.126 e. The van der Waals surface area contributed by atoms with Gasteiger partial charge < -0.3 is 19.4 Å². The molecule has 2 aliphatic rings. The van der Waals surface area contributed by atoms with E-state index < -0.39 is 0 Å². The number of methoxy groups -OCH3 is 1. The number of rotatable bonds is 4. The second-order valence-corrected chi connectivity index (χ2v) is 7.27. The van der Waals surface area contributed by atoms with Crippen LogP contribution in [-0.4, -0.2) is 72.8 Å². The molecule has 6 heteroatoms. The minimum atomic E-state index is 0.212. The Morgan fingerprint density at radius 3 is 2.65 bits per heavy atom. The molecule has 1 atom stereocenters. The summed E-state index contributed by atoms with van der Waals surface area (Å²) < 4.78 is 11.0. The van der Waals surface area contributed by atoms with Gasteiger partial charge in [-0.25, -0.2) is 4.98 Å². The van der Waals surface area contributed by atoms with Crippen molar-refractivity contribution in [1.29, 1.82) is 0 Å². The molecular weight excluding hydrogens is 328 g/mol. The number of likely N-dealkylation sites (tertiary alicyclic amines) is 1. The van der Waals surface area contributed by atoms with E-state index in [-0.39, 0.29) is 6.04 Å². The molecule has 2 saturated heterocycles. The molecule has 2 fully saturated rings. The Hall–Kier alpha value is -1.89. The summed E-state index contributed by atoms with van der Waals surface area (Å²) in [6, 6.07) is 8.90. The van der Waals surface area contributed by atoms with Crippen molar-refractivity contribution in [3.05, 3.63) is 36.3 Å². The third-order valence-corrected chi connectivity index (χ3v) is 5.64. The zero-order chi connectivity index (χ0) is 17.9. The summed E-state index contributed by atoms with van der Waals surface area (Å²) in [5, 5.41) is 0. The van der Waals surface area contributed by atoms with Crippen molar-refractivity contribution in [2.45, 2.75) is 24.9 Å². The van der Waals surface area contributed by atoms with E-state index in [9.17, 15) is 0 Å². The lowest BCUT2D eigenvalue weighted by molar-refractivity contribution is -0.0441. The number of morpholine rings is 1. The first-order valence-electron chi connectivity index (χ1n) is 9.46. The summed E-state index contributed by atoms with van der Waals surface area (Å²) in [5.74, 6) is 1.87. The van der Waals surface area contributed by atoms with Crippen LogP contribution in [0.3, 0.4) is 0 Å². The van der Waals surface area contributed by atoms with Gasteiger partial charge in [0, 0.05) is 12.6 Å². The molecule has 6 nitrogen and oxygen atoms in total. The summed E-state index contributed by atoms with van der Waals surface area (Å²) in [5.41, 5.74) is 2.16. The Balaban J connectivity index is 1.52. The molecule has 2 aliphatic heterocycles. The van der Waals surface area contributed by atoms with Gasteiger partial charge in [0.1, 0.15) is 11.6 Å². The topological polar surface area (TPSA) is 53.6 Å². The fraction of sp³-hybridized carbons (Fsp3) is 0.550. The predicted octanol–water partition coefficient (Wildman–Crippen LogP) is 2.55. The quantitative estimate of drug-likeness (QED) is 0.912. The third-order valence-electron chi connectivity index (χ3n) is 5.64. The molecule has 0 aliphatic carbocycles. The van der Waals surface area contributed by atoms with Gasteiger partial charge in [0.25, 0.3) is 0 Å². The second-order valence-electron chi connectivity index (χ2n) is 7.27. The van der Waals surface area contributed by atoms with Crippen LogP contribution in [0.15, 0.2) is 30.5 Å². The molecule has 3 heterocycles. The number of nitrogens with one attached hydrogen (secondary N) is 1. The van der Waals surface area contributed by atoms with E-state index in [1.165, 1.54) is 25.9 Å². The molecule has 1 aromatic heterocycles. The molecule has 26 heavy (non-hydrogen) atoms. The van der Waals surface area contributed by atoms with Gasteiger partial charge >= 0.3 is 0 Å². The number of nitrogens with zero attached hydrogens (tertiary/aromatic N) is 3. The normalized spacial score (nSPS) is 23.2. The lowest BCUT2D eigenvalue weighted by atomic mass is 10.0. The first-order valence-corrected chi connectivity index (χ1v) is 9.46. The maximum Gasteiger partial charge on any atom is 0.126 e. The number of hydrogen-bond acceptors (Lipinski definition) is 5. The van der Waals surface area contributed by atoms with Crippen LogP contribution >= 0.6 is 0 Å². The first kappa shape index (κ1) is 17.5. The SMILES string of the molecule is COc1ccc(-c2cnc(C3COCCN3C3CCN(C)CC3)[nH]2)cc1. The monoisotopic (exact) mass is 356 g/mol. The third kappa shape index (κ3) is 3.63. The van der Waals surface area contributed by atoms with Crippen LogP contribution in [0.1, 0.15) is 24.7 Å². The fourth-order valence-corrected chi connectivity index (χ4v) is 4.04. The van der Waals surface area contributed by atoms with Gasteiger partial charge in [-0.1, -0.05) is 0 Å². The van der Waals surface area contributed by atoms with Gasteiger partial charge in [0.05, 0.1) is 38.3 Å². The van der Waals surface area contributed by atoms with E-state index in [4.69, 9.17) is 14.5 Å². The van der Waals surface area contributed by atoms with Crippen molar-refractivity contribution < 1.29 is 9.47 Å². The van der Waals surface area contributed by atoms with Crippen molar-refractivity contribution in [1.82, 2.24) is 19.8 Å². The maximum absolute atomic E-state index is 5.80. The van der Waals surface area contributed by atoms with Crippen LogP contribution in [-0.2, 0) is 4.74 Å². The Morgan fingerprint density at radius 2 is 1.92 bits per heavy atom. The fourth-order valence-electron chi connectivity index (χ4n) is 4.04. The Labute approximate surface area is 155 Å². The van der Waals surface area contributed by atoms with Gasteiger partial charge in [0.2, 0.25) is 0 Å². The van der Waals surface area contributed by atoms with Crippen molar-refractivity contribution in [2.24, 2.45) is 0 Å². The van der Waals surface area contributed by atoms with Gasteiger partial charge in [-0.05, 0) is 62.8 Å². The summed E-state index contributed by atoms with van der Waals surface area (Å²) in [4.78, 5) is 13.3. The molecule has 2 aromatic rings. The molecule has 0 amide bonds. The lowest BCUT2D eigenvalue weighted by Gasteiger charge is -2.43. The molecular formula is C20H28N4O2. The Bertz CT molecular complexity index is 707. The highest BCUT2D eigenvalue weighted by molar-refractivity contribution is 5.59. The number of hydrogen-bond donors (Lipinski definition) is 1. The molecule has 1 aromatic carbocycles. The Kier molecular flexibility index (Phi) is 5.24. The largest absolute Gasteiger partial charge is 0.497 e. The van der Waals surface area contributed by atoms with Crippen LogP contribution in [0.25, 0.3) is 11.3 Å². The van der Waals surface area contributed by atoms with Gasteiger partial charge in [0.15, 0.2) is 0 Å². The van der Waals surface area contributed by atoms with Gasteiger partial charge in [-0.3, -0.25) is 4.90 Å². The van der Waals surface area contributed by atoms with Crippen molar-refractivity contribution in [3.63, 3.8) is 0 Å². The van der Waals surface area contributed by atoms with E-state index >= 15 is 0 Å². The van der Waals surface area contributed by atoms with Gasteiger partial charge in [-0.15, -0.1) is 0 Å². The minimum Gasteiger partial charge on any atom is -0.497 e. The standard InChI is InChI=1S/C20H28N4O2/c1-23-9-7-16(8-10-23)24-11-12-26-14-19(24)20-21-13-18(22-20)15-3-5-17(25-2)6-4-15/h3-6,13,16,19H,7-12,14H2,1-2H3,(H,21,22). The molecule has 0 saturated carbocycles. The van der Waals surface area contributed by atoms with E-state index in [1.807, 2.05) is 18.3 Å². The summed E-state index contributed by atoms with van der Waals surface area (Å²) in [6.07, 6.45) is 4.37. The summed E-state index contributed by atoms with van der Waals surface area (Å²) in [6.45, 7) is 4.85. The maximum atomic E-state index is 5.80. The van der Waals surface area contributed by atoms with E-state index in [1.54, 1.807) is 7.11 Å². The van der Waals surface area contributed by atoms with Crippen LogP contribution < -0.4 is 4.74 Å². The highest BCUT2D eigenvalue weighted by atomic mass is 16.5. The van der Waals surface area contributed by atoms with E-state index in [2.05, 4.69) is 34.0 Å². The van der Waals surface area contributed by atoms with Crippen LogP contribution in [0.2, 0.25) is 0 Å². The number of aromatic amines is 1. The molecule has 0 radical (unpaired) electrons. The van der Waals surface area contributed by atoms with Crippen molar-refractivity contribution >= 4 is 0 Å². The number of piperidine rings is 1. The molecule has 4 rings (SSSR count). The molecule has 0 bridgehead atoms. The number of aromatic nitrogens is 2.